The molecule has 0 fully saturated rings. The minimum absolute atomic E-state index is 0.614. The second kappa shape index (κ2) is 9.22. The Morgan fingerprint density at radius 1 is 0.619 bits per heavy atom. The van der Waals surface area contributed by atoms with E-state index in [2.05, 4.69) is 55.5 Å². The molecule has 0 heterocycles. The van der Waals surface area contributed by atoms with Crippen molar-refractivity contribution in [2.24, 2.45) is 0 Å². The Morgan fingerprint density at radius 2 is 1.00 bits per heavy atom. The van der Waals surface area contributed by atoms with Crippen molar-refractivity contribution < 1.29 is 13.3 Å². The summed E-state index contributed by atoms with van der Waals surface area (Å²) in [5, 5.41) is 0. The Bertz CT molecular complexity index is 330. The Morgan fingerprint density at radius 3 is 1.33 bits per heavy atom. The van der Waals surface area contributed by atoms with Crippen LogP contribution in [0.5, 0.6) is 0 Å². The summed E-state index contributed by atoms with van der Waals surface area (Å²) in [4.78, 5) is 0. The maximum atomic E-state index is 5.87. The second-order valence-electron chi connectivity index (χ2n) is 6.76. The maximum absolute atomic E-state index is 5.87. The van der Waals surface area contributed by atoms with E-state index < -0.39 is 25.0 Å². The van der Waals surface area contributed by atoms with Crippen LogP contribution in [0.4, 0.5) is 0 Å². The van der Waals surface area contributed by atoms with Gasteiger partial charge in [0.05, 0.1) is 16.1 Å². The molecule has 0 aromatic heterocycles. The predicted molar refractivity (Wildman–Crippen MR) is 99.7 cm³/mol. The average molecular weight is 347 g/mol. The molecule has 124 valence electrons. The molecule has 0 aliphatic heterocycles. The van der Waals surface area contributed by atoms with E-state index in [1.54, 1.807) is 0 Å². The van der Waals surface area contributed by atoms with Crippen molar-refractivity contribution in [3.8, 4) is 0 Å². The van der Waals surface area contributed by atoms with E-state index in [4.69, 9.17) is 13.3 Å². The third-order valence-corrected chi connectivity index (χ3v) is 9.30. The molecule has 0 amide bonds. The number of hydrogen-bond acceptors (Lipinski definition) is 3. The third kappa shape index (κ3) is 9.59. The lowest BCUT2D eigenvalue weighted by atomic mass is 10.9. The highest BCUT2D eigenvalue weighted by molar-refractivity contribution is 6.90. The van der Waals surface area contributed by atoms with Crippen molar-refractivity contribution in [3.63, 3.8) is 0 Å². The van der Waals surface area contributed by atoms with Crippen molar-refractivity contribution >= 4 is 25.0 Å². The summed E-state index contributed by atoms with van der Waals surface area (Å²) in [7, 11) is -5.34. The van der Waals surface area contributed by atoms with Crippen molar-refractivity contribution in [3.05, 3.63) is 22.8 Å². The molecule has 0 saturated carbocycles. The lowest BCUT2D eigenvalue weighted by molar-refractivity contribution is 0.0843. The third-order valence-electron chi connectivity index (χ3n) is 2.77. The van der Waals surface area contributed by atoms with Crippen LogP contribution in [0.15, 0.2) is 22.8 Å². The van der Waals surface area contributed by atoms with E-state index in [-0.39, 0.29) is 0 Å². The molecule has 0 atom stereocenters. The lowest BCUT2D eigenvalue weighted by Crippen LogP contribution is -2.45. The molecule has 0 saturated heterocycles. The number of hydrogen-bond donors (Lipinski definition) is 0. The summed E-state index contributed by atoms with van der Waals surface area (Å²) in [5.74, 6) is 0. The van der Waals surface area contributed by atoms with Gasteiger partial charge in [-0.25, -0.2) is 0 Å². The average Bonchev–Trinajstić information content (AvgIpc) is 2.35. The van der Waals surface area contributed by atoms with Gasteiger partial charge in [0.25, 0.3) is 0 Å². The van der Waals surface area contributed by atoms with Crippen molar-refractivity contribution in [1.82, 2.24) is 0 Å². The van der Waals surface area contributed by atoms with E-state index >= 15 is 0 Å². The van der Waals surface area contributed by atoms with Gasteiger partial charge in [-0.05, 0) is 26.5 Å². The molecule has 0 bridgehead atoms. The molecule has 0 radical (unpaired) electrons. The monoisotopic (exact) mass is 346 g/mol. The molecule has 21 heavy (non-hydrogen) atoms. The molecule has 0 aromatic rings. The zero-order valence-electron chi connectivity index (χ0n) is 15.2. The predicted octanol–water partition coefficient (Wildman–Crippen LogP) is 4.35. The fourth-order valence-electron chi connectivity index (χ4n) is 1.71. The maximum Gasteiger partial charge on any atom is 0.528 e. The van der Waals surface area contributed by atoms with Crippen molar-refractivity contribution in [2.75, 3.05) is 19.8 Å². The van der Waals surface area contributed by atoms with Crippen LogP contribution in [-0.4, -0.2) is 44.8 Å². The summed E-state index contributed by atoms with van der Waals surface area (Å²) in [5.41, 5.74) is 9.27. The zero-order valence-corrected chi connectivity index (χ0v) is 18.2. The fourth-order valence-corrected chi connectivity index (χ4v) is 9.82. The van der Waals surface area contributed by atoms with Crippen molar-refractivity contribution in [2.45, 2.75) is 53.5 Å². The van der Waals surface area contributed by atoms with E-state index in [9.17, 15) is 0 Å². The first-order valence-corrected chi connectivity index (χ1v) is 16.5. The van der Waals surface area contributed by atoms with Gasteiger partial charge in [-0.3, -0.25) is 0 Å². The molecule has 0 rings (SSSR count). The first kappa shape index (κ1) is 21.0. The molecular formula is C15H34O3Si3. The van der Waals surface area contributed by atoms with Crippen LogP contribution in [0, 0.1) is 0 Å². The largest absolute Gasteiger partial charge is 0.528 e. The molecule has 3 nitrogen and oxygen atoms in total. The summed E-state index contributed by atoms with van der Waals surface area (Å²) >= 11 is 0. The van der Waals surface area contributed by atoms with E-state index in [0.717, 1.165) is 0 Å². The van der Waals surface area contributed by atoms with Gasteiger partial charge in [-0.15, -0.1) is 5.70 Å². The smallest absolute Gasteiger partial charge is 0.371 e. The van der Waals surface area contributed by atoms with Crippen LogP contribution >= 0.6 is 0 Å². The van der Waals surface area contributed by atoms with Gasteiger partial charge in [0.2, 0.25) is 0 Å². The molecule has 0 spiro atoms. The topological polar surface area (TPSA) is 27.7 Å². The Hall–Kier alpha value is 0.0106. The molecule has 0 aromatic carbocycles. The molecule has 6 heteroatoms. The van der Waals surface area contributed by atoms with Gasteiger partial charge in [0, 0.05) is 19.8 Å². The standard InChI is InChI=1S/C15H34O3Si3/c1-9-16-21(17-10-2,18-11-3)15-14-20(7,8)13-12-19(4,5)6/h12-15H,9-11H2,1-8H3. The van der Waals surface area contributed by atoms with Crippen LogP contribution in [0.3, 0.4) is 0 Å². The zero-order chi connectivity index (χ0) is 16.6. The molecule has 0 unspecified atom stereocenters. The van der Waals surface area contributed by atoms with E-state index in [0.29, 0.717) is 19.8 Å². The van der Waals surface area contributed by atoms with Gasteiger partial charge in [-0.1, -0.05) is 44.1 Å². The first-order chi connectivity index (χ1) is 9.60. The van der Waals surface area contributed by atoms with Crippen LogP contribution in [0.25, 0.3) is 0 Å². The van der Waals surface area contributed by atoms with Crippen LogP contribution in [0.1, 0.15) is 20.8 Å². The highest BCUT2D eigenvalue weighted by atomic mass is 28.4. The lowest BCUT2D eigenvalue weighted by Gasteiger charge is -2.26. The second-order valence-corrected chi connectivity index (χ2v) is 18.5. The molecule has 0 aliphatic rings. The quantitative estimate of drug-likeness (QED) is 0.550. The summed E-state index contributed by atoms with van der Waals surface area (Å²) in [6.45, 7) is 19.6. The number of rotatable bonds is 10. The summed E-state index contributed by atoms with van der Waals surface area (Å²) in [6.07, 6.45) is 0. The van der Waals surface area contributed by atoms with Crippen LogP contribution in [0.2, 0.25) is 32.7 Å². The van der Waals surface area contributed by atoms with E-state index in [1.807, 2.05) is 20.8 Å². The van der Waals surface area contributed by atoms with Crippen LogP contribution in [-0.2, 0) is 13.3 Å². The Labute approximate surface area is 134 Å². The van der Waals surface area contributed by atoms with Gasteiger partial charge < -0.3 is 13.3 Å². The van der Waals surface area contributed by atoms with E-state index in [1.165, 1.54) is 0 Å². The Balaban J connectivity index is 5.15. The Kier molecular flexibility index (Phi) is 9.22. The van der Waals surface area contributed by atoms with Gasteiger partial charge in [-0.2, -0.15) is 0 Å². The molecular weight excluding hydrogens is 312 g/mol. The molecule has 0 N–H and O–H groups in total. The molecule has 0 aliphatic carbocycles. The SMILES string of the molecule is CCO[Si](C=C[Si](C)(C)C=C[Si](C)(C)C)(OCC)OCC. The van der Waals surface area contributed by atoms with Crippen molar-refractivity contribution in [1.29, 1.82) is 0 Å². The first-order valence-electron chi connectivity index (χ1n) is 7.92. The minimum atomic E-state index is -2.65. The van der Waals surface area contributed by atoms with Gasteiger partial charge in [0.15, 0.2) is 0 Å². The highest BCUT2D eigenvalue weighted by Crippen LogP contribution is 2.16. The highest BCUT2D eigenvalue weighted by Gasteiger charge is 2.38. The summed E-state index contributed by atoms with van der Waals surface area (Å²) in [6, 6.07) is 0. The van der Waals surface area contributed by atoms with Crippen LogP contribution < -0.4 is 0 Å². The van der Waals surface area contributed by atoms with Gasteiger partial charge >= 0.3 is 8.80 Å². The summed E-state index contributed by atoms with van der Waals surface area (Å²) < 4.78 is 17.6. The van der Waals surface area contributed by atoms with Gasteiger partial charge in [0.1, 0.15) is 0 Å². The normalized spacial score (nSPS) is 14.5. The fraction of sp³-hybridized carbons (Fsp3) is 0.733. The minimum Gasteiger partial charge on any atom is -0.371 e.